The summed E-state index contributed by atoms with van der Waals surface area (Å²) in [6, 6.07) is 21.8. The third kappa shape index (κ3) is 5.68. The number of amides is 1. The molecular weight excluding hydrogens is 399 g/mol. The molecule has 0 saturated carbocycles. The average molecular weight is 425 g/mol. The van der Waals surface area contributed by atoms with Crippen LogP contribution in [-0.2, 0) is 11.2 Å². The van der Waals surface area contributed by atoms with Crippen molar-refractivity contribution in [2.24, 2.45) is 0 Å². The van der Waals surface area contributed by atoms with Crippen molar-refractivity contribution in [3.63, 3.8) is 0 Å². The predicted octanol–water partition coefficient (Wildman–Crippen LogP) is 5.54. The van der Waals surface area contributed by atoms with Crippen LogP contribution in [0.15, 0.2) is 72.8 Å². The van der Waals surface area contributed by atoms with Gasteiger partial charge in [-0.1, -0.05) is 66.2 Å². The molecule has 156 valence electrons. The van der Waals surface area contributed by atoms with Gasteiger partial charge in [-0.3, -0.25) is 10.1 Å². The Morgan fingerprint density at radius 2 is 1.70 bits per heavy atom. The van der Waals surface area contributed by atoms with E-state index >= 15 is 0 Å². The van der Waals surface area contributed by atoms with Gasteiger partial charge in [-0.05, 0) is 60.2 Å². The molecule has 0 aliphatic rings. The number of aryl methyl sites for hydroxylation is 2. The summed E-state index contributed by atoms with van der Waals surface area (Å²) in [6.45, 7) is 1.75. The van der Waals surface area contributed by atoms with Gasteiger partial charge in [-0.15, -0.1) is 0 Å². The van der Waals surface area contributed by atoms with Crippen molar-refractivity contribution in [3.05, 3.63) is 106 Å². The fraction of sp³-hybridized carbons (Fsp3) is 0.240. The molecule has 3 rings (SSSR count). The second-order valence-corrected chi connectivity index (χ2v) is 7.79. The van der Waals surface area contributed by atoms with Gasteiger partial charge in [0, 0.05) is 18.1 Å². The summed E-state index contributed by atoms with van der Waals surface area (Å²) in [4.78, 5) is 12.7. The van der Waals surface area contributed by atoms with E-state index in [1.165, 1.54) is 6.07 Å². The lowest BCUT2D eigenvalue weighted by Gasteiger charge is -2.26. The van der Waals surface area contributed by atoms with Crippen molar-refractivity contribution < 1.29 is 9.18 Å². The Balaban J connectivity index is 1.89. The van der Waals surface area contributed by atoms with Gasteiger partial charge in [-0.2, -0.15) is 0 Å². The van der Waals surface area contributed by atoms with Gasteiger partial charge < -0.3 is 5.32 Å². The number of carbonyl (C=O) groups excluding carboxylic acids is 1. The number of halogens is 2. The first kappa shape index (κ1) is 22.0. The molecule has 0 aliphatic carbocycles. The average Bonchev–Trinajstić information content (AvgIpc) is 2.77. The normalized spacial score (nSPS) is 12.9. The first-order valence-electron chi connectivity index (χ1n) is 10.0. The summed E-state index contributed by atoms with van der Waals surface area (Å²) in [5, 5.41) is 6.95. The van der Waals surface area contributed by atoms with E-state index in [-0.39, 0.29) is 17.8 Å². The number of likely N-dealkylation sites (N-methyl/N-ethyl adjacent to an activating group) is 1. The molecule has 0 radical (unpaired) electrons. The molecule has 0 heterocycles. The van der Waals surface area contributed by atoms with Crippen molar-refractivity contribution in [1.29, 1.82) is 0 Å². The first-order valence-corrected chi connectivity index (χ1v) is 10.4. The molecule has 0 aromatic heterocycles. The summed E-state index contributed by atoms with van der Waals surface area (Å²) < 4.78 is 13.9. The summed E-state index contributed by atoms with van der Waals surface area (Å²) in [7, 11) is 1.63. The predicted molar refractivity (Wildman–Crippen MR) is 120 cm³/mol. The maximum Gasteiger partial charge on any atom is 0.241 e. The third-order valence-corrected chi connectivity index (χ3v) is 5.48. The van der Waals surface area contributed by atoms with E-state index in [1.54, 1.807) is 20.0 Å². The zero-order valence-corrected chi connectivity index (χ0v) is 17.9. The van der Waals surface area contributed by atoms with E-state index in [0.29, 0.717) is 10.6 Å². The Morgan fingerprint density at radius 3 is 2.33 bits per heavy atom. The van der Waals surface area contributed by atoms with Gasteiger partial charge in [0.25, 0.3) is 0 Å². The van der Waals surface area contributed by atoms with E-state index < -0.39 is 6.04 Å². The molecule has 2 N–H and O–H groups in total. The van der Waals surface area contributed by atoms with Gasteiger partial charge in [0.1, 0.15) is 11.9 Å². The van der Waals surface area contributed by atoms with Crippen LogP contribution in [0.3, 0.4) is 0 Å². The van der Waals surface area contributed by atoms with Crippen molar-refractivity contribution in [3.8, 4) is 0 Å². The van der Waals surface area contributed by atoms with Crippen LogP contribution in [-0.4, -0.2) is 13.0 Å². The lowest BCUT2D eigenvalue weighted by atomic mass is 9.95. The Labute approximate surface area is 182 Å². The molecular formula is C25H26ClFN2O. The highest BCUT2D eigenvalue weighted by molar-refractivity contribution is 6.30. The standard InChI is InChI=1S/C25H26ClFN2O/c1-17-16-20(11-14-22(17)27)23(15-10-18-8-12-21(26)13-9-18)29-24(25(30)28-2)19-6-4-3-5-7-19/h3-9,11-14,16,23-24,29H,10,15H2,1-2H3,(H,28,30)/t23-,24+/m1/s1. The van der Waals surface area contributed by atoms with Crippen LogP contribution < -0.4 is 10.6 Å². The second-order valence-electron chi connectivity index (χ2n) is 7.35. The van der Waals surface area contributed by atoms with Crippen molar-refractivity contribution in [2.45, 2.75) is 31.8 Å². The molecule has 30 heavy (non-hydrogen) atoms. The van der Waals surface area contributed by atoms with Crippen LogP contribution in [0, 0.1) is 12.7 Å². The molecule has 2 atom stereocenters. The van der Waals surface area contributed by atoms with Crippen LogP contribution in [0.5, 0.6) is 0 Å². The van der Waals surface area contributed by atoms with Crippen LogP contribution in [0.4, 0.5) is 4.39 Å². The number of benzene rings is 3. The van der Waals surface area contributed by atoms with Crippen LogP contribution in [0.1, 0.15) is 40.8 Å². The maximum atomic E-state index is 13.9. The summed E-state index contributed by atoms with van der Waals surface area (Å²) >= 11 is 6.00. The molecule has 0 unspecified atom stereocenters. The van der Waals surface area contributed by atoms with Gasteiger partial charge in [-0.25, -0.2) is 4.39 Å². The molecule has 3 aromatic carbocycles. The summed E-state index contributed by atoms with van der Waals surface area (Å²) in [6.07, 6.45) is 1.54. The number of rotatable bonds is 8. The lowest BCUT2D eigenvalue weighted by Crippen LogP contribution is -2.38. The first-order chi connectivity index (χ1) is 14.5. The van der Waals surface area contributed by atoms with E-state index in [1.807, 2.05) is 60.7 Å². The van der Waals surface area contributed by atoms with E-state index in [9.17, 15) is 9.18 Å². The zero-order chi connectivity index (χ0) is 21.5. The number of nitrogens with one attached hydrogen (secondary N) is 2. The van der Waals surface area contributed by atoms with Crippen molar-refractivity contribution in [1.82, 2.24) is 10.6 Å². The van der Waals surface area contributed by atoms with Crippen LogP contribution in [0.25, 0.3) is 0 Å². The topological polar surface area (TPSA) is 41.1 Å². The maximum absolute atomic E-state index is 13.9. The van der Waals surface area contributed by atoms with Gasteiger partial charge >= 0.3 is 0 Å². The SMILES string of the molecule is CNC(=O)[C@@H](N[C@H](CCc1ccc(Cl)cc1)c1ccc(F)c(C)c1)c1ccccc1. The lowest BCUT2D eigenvalue weighted by molar-refractivity contribution is -0.123. The van der Waals surface area contributed by atoms with Crippen molar-refractivity contribution in [2.75, 3.05) is 7.05 Å². The van der Waals surface area contributed by atoms with E-state index in [4.69, 9.17) is 11.6 Å². The summed E-state index contributed by atoms with van der Waals surface area (Å²) in [5.41, 5.74) is 3.57. The highest BCUT2D eigenvalue weighted by atomic mass is 35.5. The Bertz CT molecular complexity index is 976. The molecule has 1 amide bonds. The number of carbonyl (C=O) groups is 1. The van der Waals surface area contributed by atoms with Gasteiger partial charge in [0.05, 0.1) is 0 Å². The monoisotopic (exact) mass is 424 g/mol. The minimum atomic E-state index is -0.517. The Morgan fingerprint density at radius 1 is 1.00 bits per heavy atom. The molecule has 3 nitrogen and oxygen atoms in total. The van der Waals surface area contributed by atoms with Gasteiger partial charge in [0.2, 0.25) is 5.91 Å². The fourth-order valence-electron chi connectivity index (χ4n) is 3.51. The number of hydrogen-bond donors (Lipinski definition) is 2. The van der Waals surface area contributed by atoms with Gasteiger partial charge in [0.15, 0.2) is 0 Å². The number of hydrogen-bond acceptors (Lipinski definition) is 2. The third-order valence-electron chi connectivity index (χ3n) is 5.23. The van der Waals surface area contributed by atoms with Crippen LogP contribution >= 0.6 is 11.6 Å². The summed E-state index contributed by atoms with van der Waals surface area (Å²) in [5.74, 6) is -0.349. The molecule has 5 heteroatoms. The largest absolute Gasteiger partial charge is 0.358 e. The van der Waals surface area contributed by atoms with E-state index in [2.05, 4.69) is 10.6 Å². The molecule has 0 saturated heterocycles. The Hall–Kier alpha value is -2.69. The molecule has 0 fully saturated rings. The Kier molecular flexibility index (Phi) is 7.61. The highest BCUT2D eigenvalue weighted by Gasteiger charge is 2.24. The second kappa shape index (κ2) is 10.4. The van der Waals surface area contributed by atoms with Crippen LogP contribution in [0.2, 0.25) is 5.02 Å². The quantitative estimate of drug-likeness (QED) is 0.498. The fourth-order valence-corrected chi connectivity index (χ4v) is 3.63. The molecule has 0 spiro atoms. The smallest absolute Gasteiger partial charge is 0.241 e. The zero-order valence-electron chi connectivity index (χ0n) is 17.2. The minimum absolute atomic E-state index is 0.114. The molecule has 0 aliphatic heterocycles. The molecule has 3 aromatic rings. The van der Waals surface area contributed by atoms with Crippen molar-refractivity contribution >= 4 is 17.5 Å². The molecule has 0 bridgehead atoms. The minimum Gasteiger partial charge on any atom is -0.358 e. The highest BCUT2D eigenvalue weighted by Crippen LogP contribution is 2.26. The van der Waals surface area contributed by atoms with E-state index in [0.717, 1.165) is 29.5 Å².